The fourth-order valence-corrected chi connectivity index (χ4v) is 4.97. The molecule has 5 rings (SSSR count). The summed E-state index contributed by atoms with van der Waals surface area (Å²) in [5.74, 6) is 0. The van der Waals surface area contributed by atoms with E-state index in [2.05, 4.69) is 97.2 Å². The van der Waals surface area contributed by atoms with Crippen LogP contribution in [0.4, 0.5) is 10.5 Å². The Balaban J connectivity index is 1.66. The lowest BCUT2D eigenvalue weighted by Gasteiger charge is -2.38. The van der Waals surface area contributed by atoms with Gasteiger partial charge in [-0.25, -0.2) is 4.79 Å². The third-order valence-electron chi connectivity index (χ3n) is 6.85. The molecule has 1 aliphatic rings. The summed E-state index contributed by atoms with van der Waals surface area (Å²) in [5.41, 5.74) is 4.82. The maximum Gasteiger partial charge on any atom is 0.410 e. The summed E-state index contributed by atoms with van der Waals surface area (Å²) in [5, 5.41) is 3.95. The molecule has 0 saturated carbocycles. The molecule has 35 heavy (non-hydrogen) atoms. The Bertz CT molecular complexity index is 1160. The van der Waals surface area contributed by atoms with E-state index in [1.165, 1.54) is 0 Å². The van der Waals surface area contributed by atoms with Crippen LogP contribution >= 0.6 is 0 Å². The highest BCUT2D eigenvalue weighted by Crippen LogP contribution is 2.41. The van der Waals surface area contributed by atoms with Crippen LogP contribution in [0.3, 0.4) is 0 Å². The summed E-state index contributed by atoms with van der Waals surface area (Å²) >= 11 is 0. The van der Waals surface area contributed by atoms with Crippen molar-refractivity contribution in [1.82, 2.24) is 4.90 Å². The number of benzene rings is 4. The number of carbonyl (C=O) groups excluding carboxylic acids is 1. The Morgan fingerprint density at radius 1 is 0.771 bits per heavy atom. The minimum Gasteiger partial charge on any atom is -0.447 e. The zero-order valence-corrected chi connectivity index (χ0v) is 19.9. The molecular formula is C31H30N2O2. The molecule has 0 aliphatic carbocycles. The van der Waals surface area contributed by atoms with Crippen LogP contribution in [-0.4, -0.2) is 23.6 Å². The van der Waals surface area contributed by atoms with Gasteiger partial charge in [0.15, 0.2) is 0 Å². The molecule has 4 nitrogen and oxygen atoms in total. The number of para-hydroxylation sites is 1. The smallest absolute Gasteiger partial charge is 0.410 e. The second kappa shape index (κ2) is 10.1. The molecule has 176 valence electrons. The van der Waals surface area contributed by atoms with Gasteiger partial charge in [0.25, 0.3) is 0 Å². The minimum atomic E-state index is -0.629. The molecule has 1 N–H and O–H groups in total. The van der Waals surface area contributed by atoms with Crippen LogP contribution in [0.2, 0.25) is 0 Å². The summed E-state index contributed by atoms with van der Waals surface area (Å²) in [4.78, 5) is 14.3. The van der Waals surface area contributed by atoms with E-state index < -0.39 is 5.54 Å². The van der Waals surface area contributed by atoms with Gasteiger partial charge in [0, 0.05) is 5.69 Å². The number of nitrogens with zero attached hydrogens (tertiary/aromatic N) is 1. The topological polar surface area (TPSA) is 41.6 Å². The van der Waals surface area contributed by atoms with E-state index in [0.717, 1.165) is 34.4 Å². The maximum absolute atomic E-state index is 12.5. The molecule has 4 aromatic rings. The molecule has 0 bridgehead atoms. The van der Waals surface area contributed by atoms with Gasteiger partial charge >= 0.3 is 6.09 Å². The molecule has 1 unspecified atom stereocenters. The SMILES string of the molecule is CCC1COC(=O)N1Cc1ccccc1NC(c1ccccc1)(c1ccccc1)c1ccccc1. The number of nitrogens with one attached hydrogen (secondary N) is 1. The number of anilines is 1. The highest BCUT2D eigenvalue weighted by Gasteiger charge is 2.37. The molecule has 1 aliphatic heterocycles. The van der Waals surface area contributed by atoms with E-state index in [1.807, 2.05) is 35.2 Å². The van der Waals surface area contributed by atoms with Gasteiger partial charge < -0.3 is 10.1 Å². The van der Waals surface area contributed by atoms with E-state index >= 15 is 0 Å². The summed E-state index contributed by atoms with van der Waals surface area (Å²) in [6.45, 7) is 3.04. The van der Waals surface area contributed by atoms with Crippen molar-refractivity contribution in [3.05, 3.63) is 138 Å². The van der Waals surface area contributed by atoms with E-state index in [-0.39, 0.29) is 12.1 Å². The molecule has 1 saturated heterocycles. The molecule has 1 atom stereocenters. The van der Waals surface area contributed by atoms with Crippen LogP contribution in [0.15, 0.2) is 115 Å². The van der Waals surface area contributed by atoms with Crippen LogP contribution in [0.1, 0.15) is 35.6 Å². The lowest BCUT2D eigenvalue weighted by atomic mass is 9.76. The van der Waals surface area contributed by atoms with E-state index in [0.29, 0.717) is 13.2 Å². The van der Waals surface area contributed by atoms with Crippen molar-refractivity contribution in [3.63, 3.8) is 0 Å². The van der Waals surface area contributed by atoms with Gasteiger partial charge in [0.05, 0.1) is 12.6 Å². The number of rotatable bonds is 8. The van der Waals surface area contributed by atoms with Crippen LogP contribution < -0.4 is 5.32 Å². The number of hydrogen-bond acceptors (Lipinski definition) is 3. The molecule has 0 aromatic heterocycles. The number of hydrogen-bond donors (Lipinski definition) is 1. The Morgan fingerprint density at radius 2 is 1.26 bits per heavy atom. The zero-order chi connectivity index (χ0) is 24.1. The Kier molecular flexibility index (Phi) is 6.53. The van der Waals surface area contributed by atoms with Crippen molar-refractivity contribution in [2.24, 2.45) is 0 Å². The molecule has 4 aromatic carbocycles. The van der Waals surface area contributed by atoms with Gasteiger partial charge in [0.1, 0.15) is 12.1 Å². The first-order valence-electron chi connectivity index (χ1n) is 12.2. The number of amides is 1. The van der Waals surface area contributed by atoms with Crippen molar-refractivity contribution in [3.8, 4) is 0 Å². The van der Waals surface area contributed by atoms with Crippen molar-refractivity contribution in [2.45, 2.75) is 31.5 Å². The first-order valence-corrected chi connectivity index (χ1v) is 12.2. The lowest BCUT2D eigenvalue weighted by molar-refractivity contribution is 0.156. The highest BCUT2D eigenvalue weighted by molar-refractivity contribution is 5.71. The normalized spacial score (nSPS) is 15.6. The molecule has 1 amide bonds. The highest BCUT2D eigenvalue weighted by atomic mass is 16.6. The maximum atomic E-state index is 12.5. The first kappa shape index (κ1) is 22.7. The van der Waals surface area contributed by atoms with Crippen LogP contribution in [-0.2, 0) is 16.8 Å². The number of cyclic esters (lactones) is 1. The zero-order valence-electron chi connectivity index (χ0n) is 19.9. The van der Waals surface area contributed by atoms with Gasteiger partial charge in [-0.1, -0.05) is 116 Å². The molecule has 1 heterocycles. The predicted molar refractivity (Wildman–Crippen MR) is 140 cm³/mol. The van der Waals surface area contributed by atoms with Crippen LogP contribution in [0, 0.1) is 0 Å². The van der Waals surface area contributed by atoms with Gasteiger partial charge in [0.2, 0.25) is 0 Å². The van der Waals surface area contributed by atoms with E-state index in [4.69, 9.17) is 4.74 Å². The summed E-state index contributed by atoms with van der Waals surface area (Å²) in [7, 11) is 0. The quantitative estimate of drug-likeness (QED) is 0.292. The van der Waals surface area contributed by atoms with Crippen molar-refractivity contribution in [1.29, 1.82) is 0 Å². The van der Waals surface area contributed by atoms with Gasteiger partial charge in [-0.05, 0) is 34.7 Å². The van der Waals surface area contributed by atoms with Gasteiger partial charge in [-0.15, -0.1) is 0 Å². The molecule has 0 radical (unpaired) electrons. The fraction of sp³-hybridized carbons (Fsp3) is 0.194. The van der Waals surface area contributed by atoms with E-state index in [1.54, 1.807) is 0 Å². The van der Waals surface area contributed by atoms with Crippen molar-refractivity contribution >= 4 is 11.8 Å². The Labute approximate surface area is 207 Å². The monoisotopic (exact) mass is 462 g/mol. The number of carbonyl (C=O) groups is 1. The van der Waals surface area contributed by atoms with E-state index in [9.17, 15) is 4.79 Å². The third kappa shape index (κ3) is 4.40. The average Bonchev–Trinajstić information content (AvgIpc) is 3.28. The fourth-order valence-electron chi connectivity index (χ4n) is 4.97. The van der Waals surface area contributed by atoms with Crippen LogP contribution in [0.5, 0.6) is 0 Å². The largest absolute Gasteiger partial charge is 0.447 e. The standard InChI is InChI=1S/C31H30N2O2/c1-2-28-23-35-30(34)33(28)22-24-14-12-13-21-29(24)32-31(25-15-6-3-7-16-25,26-17-8-4-9-18-26)27-19-10-5-11-20-27/h3-21,28,32H,2,22-23H2,1H3. The molecule has 4 heteroatoms. The summed E-state index contributed by atoms with van der Waals surface area (Å²) in [6, 6.07) is 40.0. The van der Waals surface area contributed by atoms with Crippen LogP contribution in [0.25, 0.3) is 0 Å². The molecule has 0 spiro atoms. The Morgan fingerprint density at radius 3 is 1.77 bits per heavy atom. The summed E-state index contributed by atoms with van der Waals surface area (Å²) in [6.07, 6.45) is 0.621. The second-order valence-corrected chi connectivity index (χ2v) is 8.90. The van der Waals surface area contributed by atoms with Crippen molar-refractivity contribution < 1.29 is 9.53 Å². The van der Waals surface area contributed by atoms with Gasteiger partial charge in [-0.2, -0.15) is 0 Å². The third-order valence-corrected chi connectivity index (χ3v) is 6.85. The lowest BCUT2D eigenvalue weighted by Crippen LogP contribution is -2.39. The summed E-state index contributed by atoms with van der Waals surface area (Å²) < 4.78 is 5.36. The average molecular weight is 463 g/mol. The molecular weight excluding hydrogens is 432 g/mol. The first-order chi connectivity index (χ1) is 17.2. The predicted octanol–water partition coefficient (Wildman–Crippen LogP) is 6.82. The number of ether oxygens (including phenoxy) is 1. The second-order valence-electron chi connectivity index (χ2n) is 8.90. The molecule has 1 fully saturated rings. The Hall–Kier alpha value is -4.05. The van der Waals surface area contributed by atoms with Crippen molar-refractivity contribution in [2.75, 3.05) is 11.9 Å². The minimum absolute atomic E-state index is 0.0951. The van der Waals surface area contributed by atoms with Gasteiger partial charge in [-0.3, -0.25) is 4.90 Å².